The van der Waals surface area contributed by atoms with Gasteiger partial charge in [0.15, 0.2) is 0 Å². The Labute approximate surface area is 126 Å². The number of nitrogen functional groups attached to an aromatic ring is 1. The standard InChI is InChI=1S/C14H15N5O3/c1-7-10(21-3)11(20)14(2,22-7)19-5-8(4-15)9-12(16)17-6-18-13(9)19/h5-6,10-11,20H,1H2,2-3H3,(H2,16,17,18)/t10-,11-,14+/m0/s1. The lowest BCUT2D eigenvalue weighted by atomic mass is 10.1. The van der Waals surface area contributed by atoms with Crippen LogP contribution >= 0.6 is 0 Å². The molecule has 114 valence electrons. The summed E-state index contributed by atoms with van der Waals surface area (Å²) >= 11 is 0. The third-order valence-corrected chi connectivity index (χ3v) is 3.96. The summed E-state index contributed by atoms with van der Waals surface area (Å²) in [6.45, 7) is 5.43. The Balaban J connectivity index is 2.26. The molecular formula is C14H15N5O3. The van der Waals surface area contributed by atoms with Crippen molar-refractivity contribution < 1.29 is 14.6 Å². The smallest absolute Gasteiger partial charge is 0.213 e. The third-order valence-electron chi connectivity index (χ3n) is 3.96. The summed E-state index contributed by atoms with van der Waals surface area (Å²) in [6, 6.07) is 2.05. The average Bonchev–Trinajstić information content (AvgIpc) is 2.97. The van der Waals surface area contributed by atoms with E-state index >= 15 is 0 Å². The van der Waals surface area contributed by atoms with Gasteiger partial charge < -0.3 is 20.3 Å². The van der Waals surface area contributed by atoms with Crippen LogP contribution in [0, 0.1) is 11.3 Å². The fraction of sp³-hybridized carbons (Fsp3) is 0.357. The topological polar surface area (TPSA) is 119 Å². The number of methoxy groups -OCH3 is 1. The highest BCUT2D eigenvalue weighted by molar-refractivity contribution is 5.92. The van der Waals surface area contributed by atoms with Crippen LogP contribution in [-0.2, 0) is 15.2 Å². The van der Waals surface area contributed by atoms with E-state index in [4.69, 9.17) is 15.2 Å². The second-order valence-corrected chi connectivity index (χ2v) is 5.21. The first-order valence-electron chi connectivity index (χ1n) is 6.54. The largest absolute Gasteiger partial charge is 0.467 e. The van der Waals surface area contributed by atoms with Crippen LogP contribution in [0.5, 0.6) is 0 Å². The van der Waals surface area contributed by atoms with Crippen molar-refractivity contribution in [1.29, 1.82) is 5.26 Å². The number of hydrogen-bond donors (Lipinski definition) is 2. The van der Waals surface area contributed by atoms with Gasteiger partial charge in [-0.1, -0.05) is 6.58 Å². The highest BCUT2D eigenvalue weighted by Crippen LogP contribution is 2.40. The number of fused-ring (bicyclic) bond motifs is 1. The molecule has 0 unspecified atom stereocenters. The maximum absolute atomic E-state index is 10.6. The minimum atomic E-state index is -1.22. The van der Waals surface area contributed by atoms with Gasteiger partial charge in [0.1, 0.15) is 41.8 Å². The van der Waals surface area contributed by atoms with Gasteiger partial charge in [-0.25, -0.2) is 9.97 Å². The monoisotopic (exact) mass is 301 g/mol. The summed E-state index contributed by atoms with van der Waals surface area (Å²) in [5.41, 5.74) is 5.33. The van der Waals surface area contributed by atoms with E-state index in [9.17, 15) is 10.4 Å². The molecule has 3 N–H and O–H groups in total. The zero-order valence-corrected chi connectivity index (χ0v) is 12.1. The summed E-state index contributed by atoms with van der Waals surface area (Å²) in [7, 11) is 1.46. The molecule has 0 spiro atoms. The van der Waals surface area contributed by atoms with Crippen LogP contribution in [-0.4, -0.2) is 39.0 Å². The molecule has 1 aliphatic heterocycles. The van der Waals surface area contributed by atoms with E-state index in [2.05, 4.69) is 22.6 Å². The summed E-state index contributed by atoms with van der Waals surface area (Å²) in [5.74, 6) is 0.499. The highest BCUT2D eigenvalue weighted by Gasteiger charge is 2.51. The Morgan fingerprint density at radius 2 is 2.32 bits per heavy atom. The van der Waals surface area contributed by atoms with Crippen LogP contribution < -0.4 is 5.73 Å². The zero-order chi connectivity index (χ0) is 16.1. The third kappa shape index (κ3) is 1.70. The number of aliphatic hydroxyl groups is 1. The summed E-state index contributed by atoms with van der Waals surface area (Å²) in [5, 5.41) is 20.3. The molecule has 1 aliphatic rings. The Morgan fingerprint density at radius 3 is 2.91 bits per heavy atom. The number of anilines is 1. The van der Waals surface area contributed by atoms with E-state index in [1.165, 1.54) is 19.6 Å². The van der Waals surface area contributed by atoms with Crippen molar-refractivity contribution in [3.05, 3.63) is 30.4 Å². The Morgan fingerprint density at radius 1 is 1.59 bits per heavy atom. The Hall–Kier alpha value is -2.63. The molecule has 0 saturated carbocycles. The van der Waals surface area contributed by atoms with Gasteiger partial charge in [0.2, 0.25) is 5.72 Å². The second kappa shape index (κ2) is 4.69. The lowest BCUT2D eigenvalue weighted by Crippen LogP contribution is -2.43. The van der Waals surface area contributed by atoms with Crippen LogP contribution in [0.25, 0.3) is 11.0 Å². The highest BCUT2D eigenvalue weighted by atomic mass is 16.6. The zero-order valence-electron chi connectivity index (χ0n) is 12.1. The van der Waals surface area contributed by atoms with Crippen LogP contribution in [0.3, 0.4) is 0 Å². The van der Waals surface area contributed by atoms with E-state index in [1.54, 1.807) is 11.5 Å². The molecule has 0 aromatic carbocycles. The van der Waals surface area contributed by atoms with E-state index in [0.717, 1.165) is 0 Å². The molecule has 2 aromatic rings. The van der Waals surface area contributed by atoms with Gasteiger partial charge in [0.05, 0.1) is 10.9 Å². The number of nitriles is 1. The van der Waals surface area contributed by atoms with Gasteiger partial charge in [-0.05, 0) is 6.92 Å². The molecule has 1 fully saturated rings. The molecule has 3 heterocycles. The number of aliphatic hydroxyl groups excluding tert-OH is 1. The number of rotatable bonds is 2. The maximum Gasteiger partial charge on any atom is 0.213 e. The van der Waals surface area contributed by atoms with Crippen molar-refractivity contribution in [2.75, 3.05) is 12.8 Å². The Kier molecular flexibility index (Phi) is 3.05. The number of nitrogens with zero attached hydrogens (tertiary/aromatic N) is 4. The van der Waals surface area contributed by atoms with E-state index < -0.39 is 17.9 Å². The number of hydrogen-bond acceptors (Lipinski definition) is 7. The molecule has 0 aliphatic carbocycles. The van der Waals surface area contributed by atoms with Gasteiger partial charge in [-0.2, -0.15) is 5.26 Å². The predicted molar refractivity (Wildman–Crippen MR) is 77.3 cm³/mol. The molecule has 3 rings (SSSR count). The average molecular weight is 301 g/mol. The van der Waals surface area contributed by atoms with Crippen LogP contribution in [0.15, 0.2) is 24.9 Å². The van der Waals surface area contributed by atoms with Gasteiger partial charge in [-0.15, -0.1) is 0 Å². The molecule has 3 atom stereocenters. The molecule has 0 bridgehead atoms. The minimum absolute atomic E-state index is 0.193. The molecular weight excluding hydrogens is 286 g/mol. The summed E-state index contributed by atoms with van der Waals surface area (Å²) in [6.07, 6.45) is 1.13. The van der Waals surface area contributed by atoms with Gasteiger partial charge in [0.25, 0.3) is 0 Å². The van der Waals surface area contributed by atoms with Gasteiger partial charge >= 0.3 is 0 Å². The molecule has 8 heteroatoms. The normalized spacial score (nSPS) is 27.8. The molecule has 2 aromatic heterocycles. The first-order valence-corrected chi connectivity index (χ1v) is 6.54. The van der Waals surface area contributed by atoms with Crippen molar-refractivity contribution in [1.82, 2.24) is 14.5 Å². The maximum atomic E-state index is 10.6. The molecule has 0 amide bonds. The SMILES string of the molecule is C=C1O[C@@](C)(n2cc(C#N)c3c(N)ncnc32)[C@@H](O)[C@H]1OC. The lowest BCUT2D eigenvalue weighted by Gasteiger charge is -2.29. The van der Waals surface area contributed by atoms with Crippen LogP contribution in [0.1, 0.15) is 12.5 Å². The van der Waals surface area contributed by atoms with Crippen molar-refractivity contribution in [3.63, 3.8) is 0 Å². The van der Waals surface area contributed by atoms with Crippen molar-refractivity contribution in [2.24, 2.45) is 0 Å². The van der Waals surface area contributed by atoms with Crippen LogP contribution in [0.2, 0.25) is 0 Å². The van der Waals surface area contributed by atoms with Crippen LogP contribution in [0.4, 0.5) is 5.82 Å². The van der Waals surface area contributed by atoms with Gasteiger partial charge in [0, 0.05) is 13.3 Å². The number of nitrogens with two attached hydrogens (primary N) is 1. The molecule has 22 heavy (non-hydrogen) atoms. The first kappa shape index (κ1) is 14.3. The number of ether oxygens (including phenoxy) is 2. The summed E-state index contributed by atoms with van der Waals surface area (Å²) in [4.78, 5) is 8.07. The quantitative estimate of drug-likeness (QED) is 0.827. The molecule has 0 radical (unpaired) electrons. The molecule has 1 saturated heterocycles. The first-order chi connectivity index (χ1) is 10.4. The van der Waals surface area contributed by atoms with Crippen molar-refractivity contribution in [3.8, 4) is 6.07 Å². The predicted octanol–water partition coefficient (Wildman–Crippen LogP) is 0.478. The van der Waals surface area contributed by atoms with Crippen molar-refractivity contribution >= 4 is 16.9 Å². The van der Waals surface area contributed by atoms with Crippen molar-refractivity contribution in [2.45, 2.75) is 24.9 Å². The second-order valence-electron chi connectivity index (χ2n) is 5.21. The lowest BCUT2D eigenvalue weighted by molar-refractivity contribution is -0.100. The Bertz CT molecular complexity index is 809. The molecule has 8 nitrogen and oxygen atoms in total. The minimum Gasteiger partial charge on any atom is -0.467 e. The fourth-order valence-electron chi connectivity index (χ4n) is 2.80. The van der Waals surface area contributed by atoms with Gasteiger partial charge in [-0.3, -0.25) is 4.57 Å². The van der Waals surface area contributed by atoms with E-state index in [0.29, 0.717) is 22.4 Å². The van der Waals surface area contributed by atoms with E-state index in [1.807, 2.05) is 0 Å². The number of aromatic nitrogens is 3. The summed E-state index contributed by atoms with van der Waals surface area (Å²) < 4.78 is 12.5. The fourth-order valence-corrected chi connectivity index (χ4v) is 2.80. The van der Waals surface area contributed by atoms with E-state index in [-0.39, 0.29) is 5.82 Å².